The molecule has 0 atom stereocenters. The van der Waals surface area contributed by atoms with E-state index in [-0.39, 0.29) is 17.0 Å². The van der Waals surface area contributed by atoms with Gasteiger partial charge in [-0.2, -0.15) is 0 Å². The molecule has 3 aliphatic carbocycles. The van der Waals surface area contributed by atoms with Crippen LogP contribution in [0.1, 0.15) is 151 Å². The highest BCUT2D eigenvalue weighted by molar-refractivity contribution is 5.79. The molecule has 4 heteroatoms. The molecule has 0 spiro atoms. The van der Waals surface area contributed by atoms with E-state index in [1.54, 1.807) is 12.1 Å². The fourth-order valence-electron chi connectivity index (χ4n) is 8.33. The largest absolute Gasteiger partial charge is 0.203 e. The lowest BCUT2D eigenvalue weighted by atomic mass is 9.75. The Morgan fingerprint density at radius 1 is 0.561 bits per heavy atom. The predicted molar refractivity (Wildman–Crippen MR) is 161 cm³/mol. The lowest BCUT2D eigenvalue weighted by Gasteiger charge is -2.30. The average molecular weight is 571 g/mol. The lowest BCUT2D eigenvalue weighted by molar-refractivity contribution is 0.240. The third-order valence-corrected chi connectivity index (χ3v) is 10.8. The van der Waals surface area contributed by atoms with Crippen LogP contribution in [-0.2, 0) is 12.8 Å². The molecule has 0 aliphatic heterocycles. The molecule has 3 aliphatic rings. The Kier molecular flexibility index (Phi) is 10.5. The van der Waals surface area contributed by atoms with E-state index >= 15 is 13.2 Å². The van der Waals surface area contributed by atoms with Crippen molar-refractivity contribution in [3.63, 3.8) is 0 Å². The van der Waals surface area contributed by atoms with Crippen molar-refractivity contribution in [2.24, 2.45) is 17.8 Å². The normalized spacial score (nSPS) is 24.0. The van der Waals surface area contributed by atoms with Gasteiger partial charge in [0.2, 0.25) is 0 Å². The number of unbranched alkanes of at least 4 members (excludes halogenated alkanes) is 3. The van der Waals surface area contributed by atoms with Crippen LogP contribution in [0, 0.1) is 41.0 Å². The first-order valence-corrected chi connectivity index (χ1v) is 16.9. The van der Waals surface area contributed by atoms with Gasteiger partial charge in [-0.1, -0.05) is 109 Å². The van der Waals surface area contributed by atoms with Crippen LogP contribution in [-0.4, -0.2) is 0 Å². The number of halogens is 4. The topological polar surface area (TPSA) is 0 Å². The molecule has 0 amide bonds. The summed E-state index contributed by atoms with van der Waals surface area (Å²) in [5, 5.41) is 0. The lowest BCUT2D eigenvalue weighted by Crippen LogP contribution is -2.16. The average Bonchev–Trinajstić information content (AvgIpc) is 3.35. The molecule has 0 unspecified atom stereocenters. The van der Waals surface area contributed by atoms with E-state index in [2.05, 4.69) is 6.92 Å². The molecule has 2 aromatic rings. The Morgan fingerprint density at radius 3 is 1.59 bits per heavy atom. The first-order chi connectivity index (χ1) is 19.9. The Balaban J connectivity index is 1.10. The second kappa shape index (κ2) is 14.1. The van der Waals surface area contributed by atoms with Gasteiger partial charge in [-0.15, -0.1) is 0 Å². The Bertz CT molecular complexity index is 1170. The van der Waals surface area contributed by atoms with Gasteiger partial charge in [0.25, 0.3) is 0 Å². The van der Waals surface area contributed by atoms with E-state index in [1.807, 2.05) is 6.92 Å². The van der Waals surface area contributed by atoms with Crippen LogP contribution in [0.25, 0.3) is 11.1 Å². The van der Waals surface area contributed by atoms with Crippen molar-refractivity contribution >= 4 is 0 Å². The number of rotatable bonds is 12. The Labute approximate surface area is 245 Å². The number of fused-ring (bicyclic) bond motifs is 3. The predicted octanol–water partition coefficient (Wildman–Crippen LogP) is 12.0. The quantitative estimate of drug-likeness (QED) is 0.150. The second-order valence-corrected chi connectivity index (χ2v) is 13.6. The smallest absolute Gasteiger partial charge is 0.167 e. The molecule has 0 nitrogen and oxygen atoms in total. The molecule has 0 saturated heterocycles. The Morgan fingerprint density at radius 2 is 1.05 bits per heavy atom. The third kappa shape index (κ3) is 6.88. The number of benzene rings is 2. The van der Waals surface area contributed by atoms with Gasteiger partial charge in [0.1, 0.15) is 0 Å². The van der Waals surface area contributed by atoms with Crippen molar-refractivity contribution in [3.05, 3.63) is 57.7 Å². The van der Waals surface area contributed by atoms with E-state index in [1.165, 1.54) is 77.0 Å². The van der Waals surface area contributed by atoms with E-state index in [0.717, 1.165) is 37.5 Å². The van der Waals surface area contributed by atoms with Gasteiger partial charge in [-0.3, -0.25) is 0 Å². The van der Waals surface area contributed by atoms with E-state index in [9.17, 15) is 4.39 Å². The van der Waals surface area contributed by atoms with Gasteiger partial charge >= 0.3 is 0 Å². The van der Waals surface area contributed by atoms with Crippen molar-refractivity contribution in [3.8, 4) is 11.1 Å². The molecule has 41 heavy (non-hydrogen) atoms. The molecule has 0 aromatic heterocycles. The summed E-state index contributed by atoms with van der Waals surface area (Å²) in [6.45, 7) is 4.20. The molecule has 0 bridgehead atoms. The number of aryl methyl sites for hydroxylation is 1. The minimum absolute atomic E-state index is 0.000455. The zero-order chi connectivity index (χ0) is 28.9. The van der Waals surface area contributed by atoms with Gasteiger partial charge in [-0.05, 0) is 84.5 Å². The van der Waals surface area contributed by atoms with Crippen LogP contribution in [0.4, 0.5) is 17.6 Å². The van der Waals surface area contributed by atoms with Gasteiger partial charge in [0.15, 0.2) is 23.3 Å². The highest BCUT2D eigenvalue weighted by atomic mass is 19.2. The summed E-state index contributed by atoms with van der Waals surface area (Å²) in [4.78, 5) is 0. The summed E-state index contributed by atoms with van der Waals surface area (Å²) < 4.78 is 60.5. The van der Waals surface area contributed by atoms with Crippen LogP contribution in [0.2, 0.25) is 0 Å². The summed E-state index contributed by atoms with van der Waals surface area (Å²) in [7, 11) is 0. The van der Waals surface area contributed by atoms with Gasteiger partial charge in [0.05, 0.1) is 0 Å². The van der Waals surface area contributed by atoms with E-state index < -0.39 is 23.3 Å². The fourth-order valence-corrected chi connectivity index (χ4v) is 8.33. The zero-order valence-electron chi connectivity index (χ0n) is 25.4. The van der Waals surface area contributed by atoms with Crippen molar-refractivity contribution in [1.29, 1.82) is 0 Å². The summed E-state index contributed by atoms with van der Waals surface area (Å²) in [6, 6.07) is 3.41. The highest BCUT2D eigenvalue weighted by Gasteiger charge is 2.34. The maximum Gasteiger partial charge on any atom is 0.167 e. The maximum atomic E-state index is 15.4. The first-order valence-electron chi connectivity index (χ1n) is 16.9. The van der Waals surface area contributed by atoms with Crippen LogP contribution in [0.5, 0.6) is 0 Å². The highest BCUT2D eigenvalue weighted by Crippen LogP contribution is 2.46. The summed E-state index contributed by atoms with van der Waals surface area (Å²) in [5.41, 5.74) is 1.77. The van der Waals surface area contributed by atoms with Crippen LogP contribution >= 0.6 is 0 Å². The molecule has 2 fully saturated rings. The molecule has 0 radical (unpaired) electrons. The number of hydrogen-bond acceptors (Lipinski definition) is 0. The zero-order valence-corrected chi connectivity index (χ0v) is 25.4. The maximum absolute atomic E-state index is 15.4. The monoisotopic (exact) mass is 570 g/mol. The molecular weight excluding hydrogens is 520 g/mol. The van der Waals surface area contributed by atoms with Crippen molar-refractivity contribution in [2.45, 2.75) is 142 Å². The summed E-state index contributed by atoms with van der Waals surface area (Å²) in [5.74, 6) is -1.24. The standard InChI is InChI=1S/C37H50F4/c1-3-5-6-10-24-13-15-25(16-14-24)11-7-8-12-26-17-19-27(20-18-26)31-23-30-22-29-21-28(9-4-2)34(38)36(40)32(29)33(30)37(41)35(31)39/h21,23-27H,3-20,22H2,1-2H3. The van der Waals surface area contributed by atoms with E-state index in [0.29, 0.717) is 47.4 Å². The van der Waals surface area contributed by atoms with Gasteiger partial charge < -0.3 is 0 Å². The summed E-state index contributed by atoms with van der Waals surface area (Å²) >= 11 is 0. The van der Waals surface area contributed by atoms with Crippen molar-refractivity contribution in [1.82, 2.24) is 0 Å². The van der Waals surface area contributed by atoms with Gasteiger partial charge in [-0.25, -0.2) is 17.6 Å². The second-order valence-electron chi connectivity index (χ2n) is 13.6. The van der Waals surface area contributed by atoms with Gasteiger partial charge in [0, 0.05) is 11.1 Å². The first kappa shape index (κ1) is 30.6. The SMILES string of the molecule is CCCCCC1CCC(CCCCC2CCC(c3cc4c(c(F)c3F)-c3c(cc(CCC)c(F)c3F)C4)CC2)CC1. The fraction of sp³-hybridized carbons (Fsp3) is 0.676. The molecule has 0 N–H and O–H groups in total. The summed E-state index contributed by atoms with van der Waals surface area (Å²) in [6.07, 6.45) is 21.9. The molecular formula is C37H50F4. The minimum Gasteiger partial charge on any atom is -0.203 e. The Hall–Kier alpha value is -1.84. The molecule has 2 aromatic carbocycles. The minimum atomic E-state index is -1.04. The van der Waals surface area contributed by atoms with Crippen LogP contribution < -0.4 is 0 Å². The van der Waals surface area contributed by atoms with Crippen molar-refractivity contribution in [2.75, 3.05) is 0 Å². The van der Waals surface area contributed by atoms with Crippen LogP contribution in [0.15, 0.2) is 12.1 Å². The number of hydrogen-bond donors (Lipinski definition) is 0. The third-order valence-electron chi connectivity index (χ3n) is 10.8. The molecule has 5 rings (SSSR count). The molecule has 2 saturated carbocycles. The molecule has 226 valence electrons. The van der Waals surface area contributed by atoms with Crippen LogP contribution in [0.3, 0.4) is 0 Å². The van der Waals surface area contributed by atoms with E-state index in [4.69, 9.17) is 0 Å². The van der Waals surface area contributed by atoms with Crippen molar-refractivity contribution < 1.29 is 17.6 Å². The molecule has 0 heterocycles.